The van der Waals surface area contributed by atoms with Crippen molar-refractivity contribution in [3.8, 4) is 5.75 Å². The molecule has 0 aliphatic carbocycles. The highest BCUT2D eigenvalue weighted by Gasteiger charge is 2.32. The van der Waals surface area contributed by atoms with E-state index in [1.54, 1.807) is 0 Å². The molecular formula is C9H9F3N2O2. The minimum atomic E-state index is -4.83. The average molecular weight is 234 g/mol. The molecule has 1 rings (SSSR count). The molecule has 0 radical (unpaired) electrons. The van der Waals surface area contributed by atoms with E-state index in [-0.39, 0.29) is 11.4 Å². The van der Waals surface area contributed by atoms with E-state index in [0.717, 1.165) is 13.0 Å². The Balaban J connectivity index is 3.07. The van der Waals surface area contributed by atoms with Gasteiger partial charge < -0.3 is 15.8 Å². The number of para-hydroxylation sites is 1. The number of anilines is 2. The third-order valence-corrected chi connectivity index (χ3v) is 1.59. The number of hydrogen-bond acceptors (Lipinski definition) is 3. The van der Waals surface area contributed by atoms with Gasteiger partial charge in [-0.25, -0.2) is 0 Å². The van der Waals surface area contributed by atoms with Gasteiger partial charge in [0.15, 0.2) is 5.75 Å². The van der Waals surface area contributed by atoms with Gasteiger partial charge in [0.25, 0.3) is 0 Å². The molecule has 0 heterocycles. The summed E-state index contributed by atoms with van der Waals surface area (Å²) in [5, 5.41) is 2.18. The second kappa shape index (κ2) is 4.30. The summed E-state index contributed by atoms with van der Waals surface area (Å²) in [6, 6.07) is 3.71. The van der Waals surface area contributed by atoms with E-state index in [1.807, 2.05) is 0 Å². The first kappa shape index (κ1) is 12.2. The zero-order valence-corrected chi connectivity index (χ0v) is 8.26. The van der Waals surface area contributed by atoms with Gasteiger partial charge in [0, 0.05) is 6.92 Å². The summed E-state index contributed by atoms with van der Waals surface area (Å²) in [5.74, 6) is -1.08. The molecule has 0 fully saturated rings. The average Bonchev–Trinajstić information content (AvgIpc) is 2.08. The van der Waals surface area contributed by atoms with Crippen molar-refractivity contribution in [2.75, 3.05) is 11.1 Å². The van der Waals surface area contributed by atoms with Crippen molar-refractivity contribution in [2.45, 2.75) is 13.3 Å². The van der Waals surface area contributed by atoms with Crippen LogP contribution >= 0.6 is 0 Å². The number of ether oxygens (including phenoxy) is 1. The van der Waals surface area contributed by atoms with Crippen LogP contribution in [0.4, 0.5) is 24.5 Å². The molecule has 88 valence electrons. The summed E-state index contributed by atoms with van der Waals surface area (Å²) in [4.78, 5) is 10.8. The van der Waals surface area contributed by atoms with E-state index < -0.39 is 18.0 Å². The summed E-state index contributed by atoms with van der Waals surface area (Å²) in [7, 11) is 0. The predicted octanol–water partition coefficient (Wildman–Crippen LogP) is 2.13. The van der Waals surface area contributed by atoms with Crippen molar-refractivity contribution >= 4 is 17.3 Å². The third kappa shape index (κ3) is 3.34. The number of carbonyl (C=O) groups excluding carboxylic acids is 1. The Hall–Kier alpha value is -1.92. The molecule has 3 N–H and O–H groups in total. The van der Waals surface area contributed by atoms with Crippen molar-refractivity contribution in [1.82, 2.24) is 0 Å². The van der Waals surface area contributed by atoms with Crippen molar-refractivity contribution < 1.29 is 22.7 Å². The first-order chi connectivity index (χ1) is 7.29. The van der Waals surface area contributed by atoms with Crippen LogP contribution in [0.5, 0.6) is 5.75 Å². The summed E-state index contributed by atoms with van der Waals surface area (Å²) in [6.45, 7) is 1.16. The van der Waals surface area contributed by atoms with Crippen LogP contribution in [-0.4, -0.2) is 12.3 Å². The van der Waals surface area contributed by atoms with Gasteiger partial charge in [-0.15, -0.1) is 13.2 Å². The van der Waals surface area contributed by atoms with Crippen molar-refractivity contribution in [3.63, 3.8) is 0 Å². The standard InChI is InChI=1S/C9H9F3N2O2/c1-5(15)14-8-6(13)3-2-4-7(8)16-9(10,11)12/h2-4H,13H2,1H3,(H,14,15). The molecule has 0 atom stereocenters. The summed E-state index contributed by atoms with van der Waals surface area (Å²) >= 11 is 0. The van der Waals surface area contributed by atoms with Gasteiger partial charge in [0.05, 0.1) is 5.69 Å². The van der Waals surface area contributed by atoms with Crippen LogP contribution in [-0.2, 0) is 4.79 Å². The number of carbonyl (C=O) groups is 1. The Kier molecular flexibility index (Phi) is 3.26. The Morgan fingerprint density at radius 2 is 2.06 bits per heavy atom. The van der Waals surface area contributed by atoms with E-state index in [2.05, 4.69) is 10.1 Å². The van der Waals surface area contributed by atoms with Gasteiger partial charge in [-0.05, 0) is 12.1 Å². The normalized spacial score (nSPS) is 11.0. The molecule has 16 heavy (non-hydrogen) atoms. The molecule has 0 saturated carbocycles. The van der Waals surface area contributed by atoms with Gasteiger partial charge in [-0.1, -0.05) is 6.07 Å². The maximum Gasteiger partial charge on any atom is 0.573 e. The first-order valence-electron chi connectivity index (χ1n) is 4.21. The van der Waals surface area contributed by atoms with Crippen molar-refractivity contribution in [2.24, 2.45) is 0 Å². The number of nitrogen functional groups attached to an aromatic ring is 1. The van der Waals surface area contributed by atoms with Crippen LogP contribution in [0.25, 0.3) is 0 Å². The van der Waals surface area contributed by atoms with E-state index in [9.17, 15) is 18.0 Å². The second-order valence-electron chi connectivity index (χ2n) is 2.95. The highest BCUT2D eigenvalue weighted by Crippen LogP contribution is 2.34. The predicted molar refractivity (Wildman–Crippen MR) is 51.8 cm³/mol. The maximum absolute atomic E-state index is 12.0. The molecule has 0 bridgehead atoms. The number of amides is 1. The molecule has 0 spiro atoms. The van der Waals surface area contributed by atoms with E-state index in [1.165, 1.54) is 12.1 Å². The fourth-order valence-electron chi connectivity index (χ4n) is 1.07. The zero-order valence-electron chi connectivity index (χ0n) is 8.26. The van der Waals surface area contributed by atoms with Gasteiger partial charge in [0.1, 0.15) is 5.69 Å². The molecule has 0 aliphatic rings. The number of rotatable bonds is 2. The minimum absolute atomic E-state index is 0.00282. The molecule has 4 nitrogen and oxygen atoms in total. The van der Waals surface area contributed by atoms with Crippen LogP contribution in [0, 0.1) is 0 Å². The van der Waals surface area contributed by atoms with Crippen LogP contribution in [0.2, 0.25) is 0 Å². The highest BCUT2D eigenvalue weighted by atomic mass is 19.4. The molecule has 0 saturated heterocycles. The summed E-state index contributed by atoms with van der Waals surface area (Å²) in [5.41, 5.74) is 5.24. The quantitative estimate of drug-likeness (QED) is 0.770. The maximum atomic E-state index is 12.0. The van der Waals surface area contributed by atoms with Crippen LogP contribution in [0.3, 0.4) is 0 Å². The SMILES string of the molecule is CC(=O)Nc1c(N)cccc1OC(F)(F)F. The Morgan fingerprint density at radius 3 is 2.56 bits per heavy atom. The van der Waals surface area contributed by atoms with Crippen LogP contribution < -0.4 is 15.8 Å². The molecule has 1 aromatic rings. The van der Waals surface area contributed by atoms with Gasteiger partial charge in [0.2, 0.25) is 5.91 Å². The number of nitrogens with one attached hydrogen (secondary N) is 1. The highest BCUT2D eigenvalue weighted by molar-refractivity contribution is 5.94. The van der Waals surface area contributed by atoms with Crippen molar-refractivity contribution in [3.05, 3.63) is 18.2 Å². The lowest BCUT2D eigenvalue weighted by Gasteiger charge is -2.14. The molecule has 0 aromatic heterocycles. The third-order valence-electron chi connectivity index (χ3n) is 1.59. The van der Waals surface area contributed by atoms with Crippen LogP contribution in [0.1, 0.15) is 6.92 Å². The molecule has 7 heteroatoms. The number of alkyl halides is 3. The largest absolute Gasteiger partial charge is 0.573 e. The Labute approximate surface area is 89.2 Å². The minimum Gasteiger partial charge on any atom is -0.403 e. The fourth-order valence-corrected chi connectivity index (χ4v) is 1.07. The van der Waals surface area contributed by atoms with E-state index >= 15 is 0 Å². The van der Waals surface area contributed by atoms with Gasteiger partial charge >= 0.3 is 6.36 Å². The summed E-state index contributed by atoms with van der Waals surface area (Å²) in [6.07, 6.45) is -4.83. The lowest BCUT2D eigenvalue weighted by Crippen LogP contribution is -2.19. The van der Waals surface area contributed by atoms with Gasteiger partial charge in [-0.2, -0.15) is 0 Å². The molecule has 0 unspecified atom stereocenters. The smallest absolute Gasteiger partial charge is 0.403 e. The molecule has 0 aliphatic heterocycles. The fraction of sp³-hybridized carbons (Fsp3) is 0.222. The number of nitrogens with two attached hydrogens (primary N) is 1. The molecular weight excluding hydrogens is 225 g/mol. The zero-order chi connectivity index (χ0) is 12.3. The lowest BCUT2D eigenvalue weighted by molar-refractivity contribution is -0.274. The van der Waals surface area contributed by atoms with E-state index in [0.29, 0.717) is 0 Å². The number of benzene rings is 1. The van der Waals surface area contributed by atoms with Crippen molar-refractivity contribution in [1.29, 1.82) is 0 Å². The molecule has 1 aromatic carbocycles. The lowest BCUT2D eigenvalue weighted by atomic mass is 10.2. The Bertz CT molecular complexity index is 404. The number of hydrogen-bond donors (Lipinski definition) is 2. The Morgan fingerprint density at radius 1 is 1.44 bits per heavy atom. The topological polar surface area (TPSA) is 64.4 Å². The first-order valence-corrected chi connectivity index (χ1v) is 4.21. The molecule has 1 amide bonds. The van der Waals surface area contributed by atoms with Crippen LogP contribution in [0.15, 0.2) is 18.2 Å². The van der Waals surface area contributed by atoms with Gasteiger partial charge in [-0.3, -0.25) is 4.79 Å². The number of halogens is 3. The van der Waals surface area contributed by atoms with E-state index in [4.69, 9.17) is 5.73 Å². The monoisotopic (exact) mass is 234 g/mol. The summed E-state index contributed by atoms with van der Waals surface area (Å²) < 4.78 is 39.8. The second-order valence-corrected chi connectivity index (χ2v) is 2.95.